The zero-order valence-electron chi connectivity index (χ0n) is 19.6. The van der Waals surface area contributed by atoms with Gasteiger partial charge in [-0.3, -0.25) is 9.59 Å². The number of likely N-dealkylation sites (N-methyl/N-ethyl adjacent to an activating group) is 1. The van der Waals surface area contributed by atoms with Crippen molar-refractivity contribution in [1.82, 2.24) is 9.80 Å². The van der Waals surface area contributed by atoms with E-state index in [1.165, 1.54) is 11.8 Å². The molecule has 2 atom stereocenters. The van der Waals surface area contributed by atoms with Crippen LogP contribution in [0.25, 0.3) is 0 Å². The highest BCUT2D eigenvalue weighted by atomic mass is 16.5. The SMILES string of the molecule is CCN(C)C(=O)[C@H](C)Oc1ccc2c(c1)[C@H](c1cccc(C)c1)N(C(=O)c1ccco1)CC2. The second kappa shape index (κ2) is 9.53. The van der Waals surface area contributed by atoms with Gasteiger partial charge in [-0.25, -0.2) is 0 Å². The molecule has 2 aromatic carbocycles. The van der Waals surface area contributed by atoms with E-state index in [4.69, 9.17) is 9.15 Å². The number of rotatable bonds is 6. The van der Waals surface area contributed by atoms with Gasteiger partial charge in [0.1, 0.15) is 5.75 Å². The van der Waals surface area contributed by atoms with Gasteiger partial charge in [0.15, 0.2) is 11.9 Å². The van der Waals surface area contributed by atoms with Crippen LogP contribution in [0.4, 0.5) is 0 Å². The fourth-order valence-corrected chi connectivity index (χ4v) is 4.35. The molecule has 0 saturated heterocycles. The molecule has 0 aliphatic carbocycles. The van der Waals surface area contributed by atoms with Crippen LogP contribution in [0, 0.1) is 6.92 Å². The Balaban J connectivity index is 1.72. The summed E-state index contributed by atoms with van der Waals surface area (Å²) < 4.78 is 11.5. The molecule has 6 heteroatoms. The molecule has 0 unspecified atom stereocenters. The number of amides is 2. The molecule has 172 valence electrons. The van der Waals surface area contributed by atoms with E-state index in [2.05, 4.69) is 6.07 Å². The first-order valence-corrected chi connectivity index (χ1v) is 11.3. The molecule has 0 radical (unpaired) electrons. The van der Waals surface area contributed by atoms with Crippen molar-refractivity contribution in [2.24, 2.45) is 0 Å². The Morgan fingerprint density at radius 1 is 1.18 bits per heavy atom. The predicted octanol–water partition coefficient (Wildman–Crippen LogP) is 4.62. The van der Waals surface area contributed by atoms with Crippen LogP contribution in [0.3, 0.4) is 0 Å². The number of nitrogens with zero attached hydrogens (tertiary/aromatic N) is 2. The largest absolute Gasteiger partial charge is 0.481 e. The summed E-state index contributed by atoms with van der Waals surface area (Å²) in [5, 5.41) is 0. The van der Waals surface area contributed by atoms with Crippen LogP contribution in [0.5, 0.6) is 5.75 Å². The molecular formula is C27H30N2O4. The molecule has 1 aliphatic heterocycles. The Labute approximate surface area is 194 Å². The van der Waals surface area contributed by atoms with E-state index in [1.54, 1.807) is 31.0 Å². The van der Waals surface area contributed by atoms with Gasteiger partial charge in [-0.1, -0.05) is 35.9 Å². The molecule has 2 amide bonds. The van der Waals surface area contributed by atoms with Crippen LogP contribution in [0.1, 0.15) is 52.7 Å². The van der Waals surface area contributed by atoms with Gasteiger partial charge < -0.3 is 19.0 Å². The quantitative estimate of drug-likeness (QED) is 0.554. The molecule has 0 bridgehead atoms. The summed E-state index contributed by atoms with van der Waals surface area (Å²) in [6.45, 7) is 6.94. The summed E-state index contributed by atoms with van der Waals surface area (Å²) in [5.41, 5.74) is 4.33. The molecular weight excluding hydrogens is 416 g/mol. The monoisotopic (exact) mass is 446 g/mol. The Morgan fingerprint density at radius 2 is 2.00 bits per heavy atom. The van der Waals surface area contributed by atoms with E-state index >= 15 is 0 Å². The Kier molecular flexibility index (Phi) is 6.54. The molecule has 0 saturated carbocycles. The summed E-state index contributed by atoms with van der Waals surface area (Å²) in [6.07, 6.45) is 1.65. The van der Waals surface area contributed by atoms with Crippen molar-refractivity contribution in [3.05, 3.63) is 88.9 Å². The highest BCUT2D eigenvalue weighted by Gasteiger charge is 2.34. The van der Waals surface area contributed by atoms with Gasteiger partial charge in [0.05, 0.1) is 12.3 Å². The van der Waals surface area contributed by atoms with Gasteiger partial charge >= 0.3 is 0 Å². The van der Waals surface area contributed by atoms with Crippen LogP contribution in [-0.2, 0) is 11.2 Å². The highest BCUT2D eigenvalue weighted by molar-refractivity contribution is 5.92. The van der Waals surface area contributed by atoms with Gasteiger partial charge in [0.25, 0.3) is 11.8 Å². The maximum Gasteiger partial charge on any atom is 0.290 e. The summed E-state index contributed by atoms with van der Waals surface area (Å²) in [4.78, 5) is 29.4. The molecule has 0 fully saturated rings. The van der Waals surface area contributed by atoms with Crippen molar-refractivity contribution in [3.8, 4) is 5.75 Å². The first-order valence-electron chi connectivity index (χ1n) is 11.3. The zero-order valence-corrected chi connectivity index (χ0v) is 19.6. The maximum atomic E-state index is 13.4. The number of benzene rings is 2. The molecule has 4 rings (SSSR count). The van der Waals surface area contributed by atoms with E-state index in [1.807, 2.05) is 55.1 Å². The molecule has 1 aliphatic rings. The highest BCUT2D eigenvalue weighted by Crippen LogP contribution is 2.38. The lowest BCUT2D eigenvalue weighted by molar-refractivity contribution is -0.136. The van der Waals surface area contributed by atoms with E-state index in [0.717, 1.165) is 23.1 Å². The third kappa shape index (κ3) is 4.65. The molecule has 33 heavy (non-hydrogen) atoms. The fourth-order valence-electron chi connectivity index (χ4n) is 4.35. The van der Waals surface area contributed by atoms with Gasteiger partial charge in [-0.15, -0.1) is 0 Å². The minimum Gasteiger partial charge on any atom is -0.481 e. The Bertz CT molecular complexity index is 1140. The van der Waals surface area contributed by atoms with Crippen molar-refractivity contribution >= 4 is 11.8 Å². The second-order valence-corrected chi connectivity index (χ2v) is 8.52. The molecule has 0 N–H and O–H groups in total. The van der Waals surface area contributed by atoms with Crippen LogP contribution in [0.15, 0.2) is 65.3 Å². The van der Waals surface area contributed by atoms with Crippen LogP contribution in [-0.4, -0.2) is 47.9 Å². The molecule has 3 aromatic rings. The number of aryl methyl sites for hydroxylation is 1. The second-order valence-electron chi connectivity index (χ2n) is 8.52. The number of fused-ring (bicyclic) bond motifs is 1. The normalized spacial score (nSPS) is 16.1. The van der Waals surface area contributed by atoms with Gasteiger partial charge in [0, 0.05) is 20.1 Å². The lowest BCUT2D eigenvalue weighted by atomic mass is 9.87. The van der Waals surface area contributed by atoms with E-state index in [-0.39, 0.29) is 17.9 Å². The van der Waals surface area contributed by atoms with Crippen molar-refractivity contribution in [1.29, 1.82) is 0 Å². The zero-order chi connectivity index (χ0) is 23.5. The molecule has 6 nitrogen and oxygen atoms in total. The number of carbonyl (C=O) groups is 2. The third-order valence-electron chi connectivity index (χ3n) is 6.21. The third-order valence-corrected chi connectivity index (χ3v) is 6.21. The van der Waals surface area contributed by atoms with Gasteiger partial charge in [-0.05, 0) is 68.1 Å². The van der Waals surface area contributed by atoms with E-state index < -0.39 is 6.10 Å². The predicted molar refractivity (Wildman–Crippen MR) is 126 cm³/mol. The maximum absolute atomic E-state index is 13.4. The Hall–Kier alpha value is -3.54. The number of hydrogen-bond donors (Lipinski definition) is 0. The lowest BCUT2D eigenvalue weighted by Gasteiger charge is -2.37. The van der Waals surface area contributed by atoms with Crippen molar-refractivity contribution in [2.45, 2.75) is 39.3 Å². The standard InChI is InChI=1S/C27H30N2O4/c1-5-28(4)26(30)19(3)33-22-12-11-20-13-14-29(27(31)24-10-7-15-32-24)25(23(20)17-22)21-9-6-8-18(2)16-21/h6-12,15-17,19,25H,5,13-14H2,1-4H3/t19-,25-/m0/s1. The number of carbonyl (C=O) groups excluding carboxylic acids is 2. The average molecular weight is 447 g/mol. The van der Waals surface area contributed by atoms with Crippen LogP contribution in [0.2, 0.25) is 0 Å². The number of ether oxygens (including phenoxy) is 1. The summed E-state index contributed by atoms with van der Waals surface area (Å²) >= 11 is 0. The molecule has 1 aromatic heterocycles. The average Bonchev–Trinajstić information content (AvgIpc) is 3.36. The van der Waals surface area contributed by atoms with Crippen molar-refractivity contribution in [2.75, 3.05) is 20.1 Å². The first kappa shape index (κ1) is 22.6. The van der Waals surface area contributed by atoms with E-state index in [9.17, 15) is 9.59 Å². The molecule has 2 heterocycles. The van der Waals surface area contributed by atoms with Crippen molar-refractivity contribution in [3.63, 3.8) is 0 Å². The van der Waals surface area contributed by atoms with Crippen LogP contribution >= 0.6 is 0 Å². The topological polar surface area (TPSA) is 63.0 Å². The summed E-state index contributed by atoms with van der Waals surface area (Å²) in [5.74, 6) is 0.728. The van der Waals surface area contributed by atoms with Crippen molar-refractivity contribution < 1.29 is 18.7 Å². The summed E-state index contributed by atoms with van der Waals surface area (Å²) in [7, 11) is 1.76. The summed E-state index contributed by atoms with van der Waals surface area (Å²) in [6, 6.07) is 17.3. The van der Waals surface area contributed by atoms with Gasteiger partial charge in [0.2, 0.25) is 0 Å². The number of hydrogen-bond acceptors (Lipinski definition) is 4. The van der Waals surface area contributed by atoms with Crippen LogP contribution < -0.4 is 4.74 Å². The Morgan fingerprint density at radius 3 is 2.70 bits per heavy atom. The minimum absolute atomic E-state index is 0.0694. The van der Waals surface area contributed by atoms with E-state index in [0.29, 0.717) is 24.6 Å². The van der Waals surface area contributed by atoms with Gasteiger partial charge in [-0.2, -0.15) is 0 Å². The smallest absolute Gasteiger partial charge is 0.290 e. The number of furan rings is 1. The minimum atomic E-state index is -0.602. The molecule has 0 spiro atoms. The fraction of sp³-hybridized carbons (Fsp3) is 0.333. The lowest BCUT2D eigenvalue weighted by Crippen LogP contribution is -2.40. The first-order chi connectivity index (χ1) is 15.9.